The van der Waals surface area contributed by atoms with Crippen LogP contribution in [0.1, 0.15) is 71.6 Å². The van der Waals surface area contributed by atoms with E-state index in [1.807, 2.05) is 0 Å². The zero-order valence-electron chi connectivity index (χ0n) is 17.3. The molecule has 1 spiro atoms. The van der Waals surface area contributed by atoms with Crippen molar-refractivity contribution < 1.29 is 19.1 Å². The molecular weight excluding hydrogens is 366 g/mol. The molecule has 6 fully saturated rings. The van der Waals surface area contributed by atoms with E-state index in [0.717, 1.165) is 38.5 Å². The molecule has 29 heavy (non-hydrogen) atoms. The van der Waals surface area contributed by atoms with E-state index < -0.39 is 11.3 Å². The summed E-state index contributed by atoms with van der Waals surface area (Å²) in [6.45, 7) is 4.51. The number of nitriles is 1. The highest BCUT2D eigenvalue weighted by Gasteiger charge is 2.77. The molecule has 6 rings (SSSR count). The fraction of sp³-hybridized carbons (Fsp3) is 0.833. The molecule has 5 nitrogen and oxygen atoms in total. The quantitative estimate of drug-likeness (QED) is 0.462. The summed E-state index contributed by atoms with van der Waals surface area (Å²) < 4.78 is 6.01. The van der Waals surface area contributed by atoms with Gasteiger partial charge in [-0.25, -0.2) is 0 Å². The van der Waals surface area contributed by atoms with Gasteiger partial charge in [-0.15, -0.1) is 0 Å². The van der Waals surface area contributed by atoms with Crippen LogP contribution in [0, 0.1) is 57.2 Å². The maximum atomic E-state index is 13.6. The lowest BCUT2D eigenvalue weighted by molar-refractivity contribution is -0.183. The predicted octanol–water partition coefficient (Wildman–Crippen LogP) is 3.60. The van der Waals surface area contributed by atoms with E-state index in [1.165, 1.54) is 0 Å². The van der Waals surface area contributed by atoms with Crippen molar-refractivity contribution in [1.29, 1.82) is 5.26 Å². The van der Waals surface area contributed by atoms with Gasteiger partial charge in [0.25, 0.3) is 0 Å². The van der Waals surface area contributed by atoms with Crippen LogP contribution < -0.4 is 0 Å². The van der Waals surface area contributed by atoms with E-state index in [-0.39, 0.29) is 45.8 Å². The van der Waals surface area contributed by atoms with Gasteiger partial charge in [-0.3, -0.25) is 14.4 Å². The summed E-state index contributed by atoms with van der Waals surface area (Å²) in [6, 6.07) is 2.56. The van der Waals surface area contributed by atoms with Gasteiger partial charge in [0, 0.05) is 24.2 Å². The van der Waals surface area contributed by atoms with Gasteiger partial charge in [0.15, 0.2) is 0 Å². The maximum absolute atomic E-state index is 13.6. The highest BCUT2D eigenvalue weighted by atomic mass is 16.6. The minimum atomic E-state index is -0.797. The first-order valence-corrected chi connectivity index (χ1v) is 11.4. The number of Topliss-reactive ketones (excluding diaryl/α,β-unsaturated/α-hetero) is 2. The van der Waals surface area contributed by atoms with Gasteiger partial charge in [0.05, 0.1) is 17.4 Å². The topological polar surface area (TPSA) is 84.2 Å². The van der Waals surface area contributed by atoms with Crippen molar-refractivity contribution in [1.82, 2.24) is 0 Å². The molecular formula is C24H29NO4. The molecule has 154 valence electrons. The Kier molecular flexibility index (Phi) is 3.20. The molecule has 1 aliphatic heterocycles. The van der Waals surface area contributed by atoms with Gasteiger partial charge in [-0.1, -0.05) is 13.8 Å². The second kappa shape index (κ2) is 5.13. The number of hydrogen-bond donors (Lipinski definition) is 0. The second-order valence-corrected chi connectivity index (χ2v) is 11.4. The van der Waals surface area contributed by atoms with Gasteiger partial charge in [0.1, 0.15) is 17.2 Å². The normalized spacial score (nSPS) is 57.4. The number of ether oxygens (including phenoxy) is 1. The van der Waals surface area contributed by atoms with Crippen molar-refractivity contribution in [3.63, 3.8) is 0 Å². The van der Waals surface area contributed by atoms with Crippen LogP contribution in [0.3, 0.4) is 0 Å². The zero-order chi connectivity index (χ0) is 20.4. The lowest BCUT2D eigenvalue weighted by Crippen LogP contribution is -2.60. The Bertz CT molecular complexity index is 905. The molecule has 5 heteroatoms. The Hall–Kier alpha value is -1.70. The van der Waals surface area contributed by atoms with E-state index in [9.17, 15) is 19.6 Å². The van der Waals surface area contributed by atoms with E-state index in [1.54, 1.807) is 0 Å². The van der Waals surface area contributed by atoms with Gasteiger partial charge in [-0.2, -0.15) is 5.26 Å². The summed E-state index contributed by atoms with van der Waals surface area (Å²) in [6.07, 6.45) is 6.89. The maximum Gasteiger partial charge on any atom is 0.306 e. The van der Waals surface area contributed by atoms with E-state index in [2.05, 4.69) is 19.9 Å². The van der Waals surface area contributed by atoms with Crippen molar-refractivity contribution >= 4 is 17.5 Å². The first-order chi connectivity index (χ1) is 13.7. The summed E-state index contributed by atoms with van der Waals surface area (Å²) in [4.78, 5) is 38.4. The van der Waals surface area contributed by atoms with Crippen LogP contribution in [0.2, 0.25) is 0 Å². The van der Waals surface area contributed by atoms with Crippen LogP contribution in [-0.2, 0) is 19.1 Å². The second-order valence-electron chi connectivity index (χ2n) is 11.4. The third-order valence-corrected chi connectivity index (χ3v) is 11.1. The van der Waals surface area contributed by atoms with E-state index >= 15 is 0 Å². The molecule has 1 saturated heterocycles. The highest BCUT2D eigenvalue weighted by molar-refractivity contribution is 6.07. The van der Waals surface area contributed by atoms with Crippen molar-refractivity contribution in [3.8, 4) is 6.07 Å². The number of fused-ring (bicyclic) bond motifs is 7. The first-order valence-electron chi connectivity index (χ1n) is 11.4. The Labute approximate surface area is 171 Å². The summed E-state index contributed by atoms with van der Waals surface area (Å²) >= 11 is 0. The van der Waals surface area contributed by atoms with Crippen LogP contribution >= 0.6 is 0 Å². The number of rotatable bonds is 0. The summed E-state index contributed by atoms with van der Waals surface area (Å²) in [5, 5.41) is 10.3. The predicted molar refractivity (Wildman–Crippen MR) is 102 cm³/mol. The fourth-order valence-electron chi connectivity index (χ4n) is 9.64. The fourth-order valence-corrected chi connectivity index (χ4v) is 9.64. The van der Waals surface area contributed by atoms with Gasteiger partial charge in [0.2, 0.25) is 0 Å². The largest absolute Gasteiger partial charge is 0.458 e. The molecule has 5 aliphatic carbocycles. The number of ketones is 2. The van der Waals surface area contributed by atoms with Gasteiger partial charge >= 0.3 is 5.97 Å². The third kappa shape index (κ3) is 1.71. The Balaban J connectivity index is 1.48. The lowest BCUT2D eigenvalue weighted by Gasteiger charge is -2.62. The van der Waals surface area contributed by atoms with Gasteiger partial charge in [-0.05, 0) is 68.1 Å². The highest BCUT2D eigenvalue weighted by Crippen LogP contribution is 2.76. The molecule has 0 aromatic carbocycles. The minimum absolute atomic E-state index is 0.00514. The Morgan fingerprint density at radius 3 is 2.38 bits per heavy atom. The molecule has 0 amide bonds. The van der Waals surface area contributed by atoms with Crippen LogP contribution in [0.5, 0.6) is 0 Å². The van der Waals surface area contributed by atoms with E-state index in [4.69, 9.17) is 4.74 Å². The van der Waals surface area contributed by atoms with Crippen LogP contribution in [0.4, 0.5) is 0 Å². The third-order valence-electron chi connectivity index (χ3n) is 11.1. The zero-order valence-corrected chi connectivity index (χ0v) is 17.3. The average molecular weight is 395 g/mol. The average Bonchev–Trinajstić information content (AvgIpc) is 3.31. The summed E-state index contributed by atoms with van der Waals surface area (Å²) in [5.74, 6) is -0.00952. The molecule has 2 unspecified atom stereocenters. The van der Waals surface area contributed by atoms with Crippen molar-refractivity contribution in [2.24, 2.45) is 45.8 Å². The monoisotopic (exact) mass is 395 g/mol. The molecule has 0 radical (unpaired) electrons. The first kappa shape index (κ1) is 18.1. The molecule has 1 heterocycles. The number of carbonyl (C=O) groups is 3. The van der Waals surface area contributed by atoms with Crippen LogP contribution in [0.25, 0.3) is 0 Å². The molecule has 0 aromatic rings. The molecule has 0 aromatic heterocycles. The smallest absolute Gasteiger partial charge is 0.306 e. The molecule has 6 aliphatic rings. The molecule has 2 bridgehead atoms. The molecule has 5 saturated carbocycles. The SMILES string of the molecule is C[C@]12CC[C@H]3[C@@H]([C@H]4CC5(C#N)C(C(=O)CC[C@]35C)C4=O)[C@@H]1CC[C@@]21CCC(=O)O1. The minimum Gasteiger partial charge on any atom is -0.458 e. The van der Waals surface area contributed by atoms with Crippen LogP contribution in [0.15, 0.2) is 0 Å². The van der Waals surface area contributed by atoms with Crippen molar-refractivity contribution in [2.45, 2.75) is 77.2 Å². The molecule has 0 N–H and O–H groups in total. The Morgan fingerprint density at radius 2 is 1.69 bits per heavy atom. The number of nitrogens with zero attached hydrogens (tertiary/aromatic N) is 1. The van der Waals surface area contributed by atoms with E-state index in [0.29, 0.717) is 31.1 Å². The number of esters is 1. The van der Waals surface area contributed by atoms with Gasteiger partial charge < -0.3 is 4.74 Å². The van der Waals surface area contributed by atoms with Crippen molar-refractivity contribution in [3.05, 3.63) is 0 Å². The Morgan fingerprint density at radius 1 is 0.966 bits per heavy atom. The number of hydrogen-bond acceptors (Lipinski definition) is 5. The molecule has 9 atom stereocenters. The number of carbonyl (C=O) groups excluding carboxylic acids is 3. The summed E-state index contributed by atoms with van der Waals surface area (Å²) in [7, 11) is 0. The van der Waals surface area contributed by atoms with Crippen LogP contribution in [-0.4, -0.2) is 23.1 Å². The summed E-state index contributed by atoms with van der Waals surface area (Å²) in [5.41, 5.74) is -1.52. The van der Waals surface area contributed by atoms with Crippen molar-refractivity contribution in [2.75, 3.05) is 0 Å². The lowest BCUT2D eigenvalue weighted by atomic mass is 9.40. The standard InChI is InChI=1S/C24H29NO4/c1-21-8-5-16(26)19-20(28)13(11-23(19,21)12-25)18-14(21)3-7-22(2)15(18)4-9-24(22)10-6-17(27)29-24/h13-15,18-19H,3-11H2,1-2H3/t13-,14+,15+,18-,19?,21-,22+,23?,24-/m1/s1.